The van der Waals surface area contributed by atoms with Gasteiger partial charge in [0, 0.05) is 6.20 Å². The summed E-state index contributed by atoms with van der Waals surface area (Å²) in [6, 6.07) is 7.03. The van der Waals surface area contributed by atoms with E-state index in [0.29, 0.717) is 24.1 Å². The zero-order chi connectivity index (χ0) is 14.2. The zero-order valence-corrected chi connectivity index (χ0v) is 12.1. The van der Waals surface area contributed by atoms with Gasteiger partial charge < -0.3 is 4.74 Å². The highest BCUT2D eigenvalue weighted by Crippen LogP contribution is 2.54. The van der Waals surface area contributed by atoms with Crippen LogP contribution < -0.4 is 10.3 Å². The topological polar surface area (TPSA) is 43.6 Å². The van der Waals surface area contributed by atoms with E-state index in [2.05, 4.69) is 4.98 Å². The molecule has 2 fully saturated rings. The highest BCUT2D eigenvalue weighted by atomic mass is 16.5. The average Bonchev–Trinajstić information content (AvgIpc) is 3.20. The first-order valence-corrected chi connectivity index (χ1v) is 7.94. The molecule has 2 heterocycles. The molecule has 2 aromatic rings. The third kappa shape index (κ3) is 2.43. The largest absolute Gasteiger partial charge is 0.477 e. The molecule has 0 spiro atoms. The zero-order valence-electron chi connectivity index (χ0n) is 12.1. The van der Waals surface area contributed by atoms with Crippen LogP contribution in [0.25, 0.3) is 5.65 Å². The highest BCUT2D eigenvalue weighted by Gasteiger charge is 2.49. The lowest BCUT2D eigenvalue weighted by Crippen LogP contribution is -2.15. The SMILES string of the molecule is O=c1cc(OCC2C3CCCCCC32)nc2ccccn12. The lowest BCUT2D eigenvalue weighted by Gasteiger charge is -2.07. The first kappa shape index (κ1) is 12.9. The van der Waals surface area contributed by atoms with Gasteiger partial charge in [0.1, 0.15) is 5.65 Å². The minimum Gasteiger partial charge on any atom is -0.477 e. The second-order valence-electron chi connectivity index (χ2n) is 6.30. The number of nitrogens with zero attached hydrogens (tertiary/aromatic N) is 2. The van der Waals surface area contributed by atoms with Crippen molar-refractivity contribution >= 4 is 5.65 Å². The summed E-state index contributed by atoms with van der Waals surface area (Å²) in [6.07, 6.45) is 8.57. The number of rotatable bonds is 3. The molecule has 0 aromatic carbocycles. The monoisotopic (exact) mass is 284 g/mol. The maximum absolute atomic E-state index is 12.0. The highest BCUT2D eigenvalue weighted by molar-refractivity contribution is 5.39. The molecule has 21 heavy (non-hydrogen) atoms. The minimum absolute atomic E-state index is 0.0828. The molecule has 2 aliphatic carbocycles. The molecule has 4 rings (SSSR count). The van der Waals surface area contributed by atoms with Crippen LogP contribution in [0, 0.1) is 17.8 Å². The van der Waals surface area contributed by atoms with Gasteiger partial charge in [0.05, 0.1) is 12.7 Å². The molecule has 0 N–H and O–H groups in total. The van der Waals surface area contributed by atoms with Crippen LogP contribution >= 0.6 is 0 Å². The Balaban J connectivity index is 1.47. The Morgan fingerprint density at radius 1 is 1.19 bits per heavy atom. The summed E-state index contributed by atoms with van der Waals surface area (Å²) < 4.78 is 7.36. The summed E-state index contributed by atoms with van der Waals surface area (Å²) in [5, 5.41) is 0. The Bertz CT molecular complexity index is 697. The molecule has 110 valence electrons. The maximum Gasteiger partial charge on any atom is 0.261 e. The summed E-state index contributed by atoms with van der Waals surface area (Å²) in [7, 11) is 0. The van der Waals surface area contributed by atoms with E-state index in [1.54, 1.807) is 6.20 Å². The van der Waals surface area contributed by atoms with Crippen LogP contribution in [0.3, 0.4) is 0 Å². The number of hydrogen-bond acceptors (Lipinski definition) is 3. The second-order valence-corrected chi connectivity index (χ2v) is 6.30. The van der Waals surface area contributed by atoms with Gasteiger partial charge in [-0.2, -0.15) is 4.98 Å². The molecule has 2 unspecified atom stereocenters. The molecule has 0 bridgehead atoms. The Morgan fingerprint density at radius 3 is 2.81 bits per heavy atom. The third-order valence-corrected chi connectivity index (χ3v) is 5.06. The number of hydrogen-bond donors (Lipinski definition) is 0. The Labute approximate surface area is 123 Å². The van der Waals surface area contributed by atoms with Gasteiger partial charge in [-0.05, 0) is 42.7 Å². The Morgan fingerprint density at radius 2 is 2.00 bits per heavy atom. The van der Waals surface area contributed by atoms with Crippen LogP contribution in [-0.2, 0) is 0 Å². The first-order valence-electron chi connectivity index (χ1n) is 7.94. The summed E-state index contributed by atoms with van der Waals surface area (Å²) in [5.74, 6) is 2.86. The van der Waals surface area contributed by atoms with Crippen LogP contribution in [0.4, 0.5) is 0 Å². The van der Waals surface area contributed by atoms with Gasteiger partial charge in [-0.15, -0.1) is 0 Å². The Kier molecular flexibility index (Phi) is 3.17. The van der Waals surface area contributed by atoms with Crippen molar-refractivity contribution in [2.75, 3.05) is 6.61 Å². The minimum atomic E-state index is -0.0828. The lowest BCUT2D eigenvalue weighted by molar-refractivity contribution is 0.271. The standard InChI is InChI=1S/C17H20N2O2/c20-17-10-16(18-15-8-4-5-9-19(15)17)21-11-14-12-6-2-1-3-7-13(12)14/h4-5,8-10,12-14H,1-3,6-7,11H2. The molecule has 0 radical (unpaired) electrons. The fourth-order valence-electron chi connectivity index (χ4n) is 3.85. The average molecular weight is 284 g/mol. The normalized spacial score (nSPS) is 27.9. The molecule has 2 atom stereocenters. The van der Waals surface area contributed by atoms with Gasteiger partial charge in [0.25, 0.3) is 5.56 Å². The summed E-state index contributed by atoms with van der Waals surface area (Å²) in [4.78, 5) is 16.4. The third-order valence-electron chi connectivity index (χ3n) is 5.06. The van der Waals surface area contributed by atoms with Crippen molar-refractivity contribution in [1.82, 2.24) is 9.38 Å². The second kappa shape index (κ2) is 5.17. The molecule has 4 nitrogen and oxygen atoms in total. The van der Waals surface area contributed by atoms with Crippen molar-refractivity contribution in [3.63, 3.8) is 0 Å². The predicted octanol–water partition coefficient (Wildman–Crippen LogP) is 2.90. The molecule has 4 heteroatoms. The number of pyridine rings is 1. The van der Waals surface area contributed by atoms with Gasteiger partial charge >= 0.3 is 0 Å². The van der Waals surface area contributed by atoms with E-state index in [0.717, 1.165) is 11.8 Å². The molecule has 2 saturated carbocycles. The van der Waals surface area contributed by atoms with Crippen LogP contribution in [0.15, 0.2) is 35.3 Å². The van der Waals surface area contributed by atoms with Crippen molar-refractivity contribution in [1.29, 1.82) is 0 Å². The smallest absolute Gasteiger partial charge is 0.261 e. The molecule has 2 aliphatic rings. The molecular formula is C17H20N2O2. The quantitative estimate of drug-likeness (QED) is 0.870. The molecule has 0 amide bonds. The van der Waals surface area contributed by atoms with E-state index >= 15 is 0 Å². The van der Waals surface area contributed by atoms with Crippen LogP contribution in [0.5, 0.6) is 5.88 Å². The Hall–Kier alpha value is -1.84. The summed E-state index contributed by atoms with van der Waals surface area (Å²) in [5.41, 5.74) is 0.561. The van der Waals surface area contributed by atoms with Crippen molar-refractivity contribution in [2.24, 2.45) is 17.8 Å². The molecule has 0 aliphatic heterocycles. The fraction of sp³-hybridized carbons (Fsp3) is 0.529. The van der Waals surface area contributed by atoms with E-state index < -0.39 is 0 Å². The van der Waals surface area contributed by atoms with E-state index in [4.69, 9.17) is 4.74 Å². The van der Waals surface area contributed by atoms with E-state index in [9.17, 15) is 4.79 Å². The van der Waals surface area contributed by atoms with Gasteiger partial charge in [-0.1, -0.05) is 25.3 Å². The van der Waals surface area contributed by atoms with Gasteiger partial charge in [0.2, 0.25) is 5.88 Å². The van der Waals surface area contributed by atoms with Crippen LogP contribution in [0.1, 0.15) is 32.1 Å². The van der Waals surface area contributed by atoms with E-state index in [1.165, 1.54) is 42.6 Å². The van der Waals surface area contributed by atoms with E-state index in [1.807, 2.05) is 18.2 Å². The van der Waals surface area contributed by atoms with Gasteiger partial charge in [-0.25, -0.2) is 0 Å². The van der Waals surface area contributed by atoms with Crippen molar-refractivity contribution in [3.8, 4) is 5.88 Å². The van der Waals surface area contributed by atoms with Crippen molar-refractivity contribution < 1.29 is 4.74 Å². The van der Waals surface area contributed by atoms with E-state index in [-0.39, 0.29) is 5.56 Å². The number of ether oxygens (including phenoxy) is 1. The van der Waals surface area contributed by atoms with Crippen molar-refractivity contribution in [2.45, 2.75) is 32.1 Å². The molecule has 2 aromatic heterocycles. The van der Waals surface area contributed by atoms with Crippen LogP contribution in [-0.4, -0.2) is 16.0 Å². The fourth-order valence-corrected chi connectivity index (χ4v) is 3.85. The number of fused-ring (bicyclic) bond motifs is 2. The number of aromatic nitrogens is 2. The summed E-state index contributed by atoms with van der Waals surface area (Å²) in [6.45, 7) is 0.713. The maximum atomic E-state index is 12.0. The molecular weight excluding hydrogens is 264 g/mol. The lowest BCUT2D eigenvalue weighted by atomic mass is 10.1. The van der Waals surface area contributed by atoms with Crippen molar-refractivity contribution in [3.05, 3.63) is 40.8 Å². The van der Waals surface area contributed by atoms with Gasteiger partial charge in [0.15, 0.2) is 0 Å². The summed E-state index contributed by atoms with van der Waals surface area (Å²) >= 11 is 0. The van der Waals surface area contributed by atoms with Gasteiger partial charge in [-0.3, -0.25) is 9.20 Å². The molecule has 0 saturated heterocycles. The predicted molar refractivity (Wildman–Crippen MR) is 80.5 cm³/mol. The van der Waals surface area contributed by atoms with Crippen LogP contribution in [0.2, 0.25) is 0 Å². The first-order chi connectivity index (χ1) is 10.3.